The Morgan fingerprint density at radius 3 is 2.44 bits per heavy atom. The first kappa shape index (κ1) is 13.5. The number of methoxy groups -OCH3 is 2. The minimum Gasteiger partial charge on any atom is -0.496 e. The molecule has 1 aliphatic heterocycles. The third-order valence-electron chi connectivity index (χ3n) is 3.16. The zero-order chi connectivity index (χ0) is 13.0. The van der Waals surface area contributed by atoms with Crippen LogP contribution in [0, 0.1) is 0 Å². The number of benzene rings is 1. The van der Waals surface area contributed by atoms with Crippen molar-refractivity contribution in [3.8, 4) is 11.5 Å². The number of nitrogens with one attached hydrogen (secondary N) is 1. The molecule has 0 unspecified atom stereocenters. The van der Waals surface area contributed by atoms with Gasteiger partial charge in [-0.25, -0.2) is 0 Å². The molecule has 0 aliphatic carbocycles. The standard InChI is InChI=1S/C13H19ClN2O2/c1-17-12-8-11(14)13(18-2)7-10(12)9-16-5-3-15-4-6-16/h7-8,15H,3-6,9H2,1-2H3. The zero-order valence-corrected chi connectivity index (χ0v) is 11.6. The van der Waals surface area contributed by atoms with Crippen LogP contribution in [0.2, 0.25) is 5.02 Å². The van der Waals surface area contributed by atoms with Crippen LogP contribution in [0.4, 0.5) is 0 Å². The highest BCUT2D eigenvalue weighted by Gasteiger charge is 2.15. The molecule has 0 amide bonds. The predicted molar refractivity (Wildman–Crippen MR) is 72.7 cm³/mol. The maximum absolute atomic E-state index is 6.09. The molecule has 1 heterocycles. The van der Waals surface area contributed by atoms with Crippen molar-refractivity contribution in [3.63, 3.8) is 0 Å². The highest BCUT2D eigenvalue weighted by Crippen LogP contribution is 2.33. The Morgan fingerprint density at radius 2 is 1.83 bits per heavy atom. The highest BCUT2D eigenvalue weighted by molar-refractivity contribution is 6.32. The van der Waals surface area contributed by atoms with Gasteiger partial charge in [-0.15, -0.1) is 0 Å². The van der Waals surface area contributed by atoms with E-state index in [-0.39, 0.29) is 0 Å². The second kappa shape index (κ2) is 6.27. The van der Waals surface area contributed by atoms with E-state index in [0.717, 1.165) is 44.0 Å². The third kappa shape index (κ3) is 3.07. The van der Waals surface area contributed by atoms with Gasteiger partial charge in [0.05, 0.1) is 19.2 Å². The second-order valence-electron chi connectivity index (χ2n) is 4.32. The fourth-order valence-electron chi connectivity index (χ4n) is 2.16. The van der Waals surface area contributed by atoms with Crippen LogP contribution in [0.3, 0.4) is 0 Å². The average molecular weight is 271 g/mol. The van der Waals surface area contributed by atoms with E-state index in [0.29, 0.717) is 10.8 Å². The van der Waals surface area contributed by atoms with Crippen LogP contribution >= 0.6 is 11.6 Å². The van der Waals surface area contributed by atoms with E-state index in [4.69, 9.17) is 21.1 Å². The molecule has 2 rings (SSSR count). The molecule has 0 radical (unpaired) electrons. The molecule has 0 saturated carbocycles. The van der Waals surface area contributed by atoms with Gasteiger partial charge in [0.2, 0.25) is 0 Å². The predicted octanol–water partition coefficient (Wildman–Crippen LogP) is 1.76. The maximum atomic E-state index is 6.09. The first-order valence-electron chi connectivity index (χ1n) is 6.08. The molecule has 0 spiro atoms. The number of hydrogen-bond acceptors (Lipinski definition) is 4. The van der Waals surface area contributed by atoms with Gasteiger partial charge in [-0.3, -0.25) is 4.90 Å². The van der Waals surface area contributed by atoms with Gasteiger partial charge in [-0.05, 0) is 6.07 Å². The molecular formula is C13H19ClN2O2. The van der Waals surface area contributed by atoms with E-state index in [1.807, 2.05) is 12.1 Å². The van der Waals surface area contributed by atoms with Crippen LogP contribution in [-0.2, 0) is 6.54 Å². The molecule has 18 heavy (non-hydrogen) atoms. The van der Waals surface area contributed by atoms with Crippen molar-refractivity contribution < 1.29 is 9.47 Å². The van der Waals surface area contributed by atoms with Gasteiger partial charge in [0.15, 0.2) is 0 Å². The third-order valence-corrected chi connectivity index (χ3v) is 3.45. The summed E-state index contributed by atoms with van der Waals surface area (Å²) in [5.74, 6) is 1.52. The molecule has 1 fully saturated rings. The second-order valence-corrected chi connectivity index (χ2v) is 4.73. The van der Waals surface area contributed by atoms with Crippen molar-refractivity contribution in [2.75, 3.05) is 40.4 Å². The Kier molecular flexibility index (Phi) is 4.69. The van der Waals surface area contributed by atoms with Crippen LogP contribution in [0.5, 0.6) is 11.5 Å². The summed E-state index contributed by atoms with van der Waals surface area (Å²) in [5, 5.41) is 3.92. The normalized spacial score (nSPS) is 16.6. The Morgan fingerprint density at radius 1 is 1.17 bits per heavy atom. The van der Waals surface area contributed by atoms with Crippen molar-refractivity contribution in [1.82, 2.24) is 10.2 Å². The van der Waals surface area contributed by atoms with Gasteiger partial charge in [0.25, 0.3) is 0 Å². The largest absolute Gasteiger partial charge is 0.496 e. The van der Waals surface area contributed by atoms with Gasteiger partial charge >= 0.3 is 0 Å². The molecule has 1 saturated heterocycles. The first-order chi connectivity index (χ1) is 8.74. The topological polar surface area (TPSA) is 33.7 Å². The number of piperazine rings is 1. The van der Waals surface area contributed by atoms with E-state index in [1.165, 1.54) is 0 Å². The molecule has 5 heteroatoms. The monoisotopic (exact) mass is 270 g/mol. The Bertz CT molecular complexity index is 406. The van der Waals surface area contributed by atoms with Crippen LogP contribution < -0.4 is 14.8 Å². The minimum absolute atomic E-state index is 0.582. The summed E-state index contributed by atoms with van der Waals surface area (Å²) in [5.41, 5.74) is 1.11. The summed E-state index contributed by atoms with van der Waals surface area (Å²) in [6, 6.07) is 3.78. The molecule has 1 aromatic carbocycles. The molecule has 0 aromatic heterocycles. The Labute approximate surface area is 113 Å². The number of hydrogen-bond donors (Lipinski definition) is 1. The van der Waals surface area contributed by atoms with Crippen molar-refractivity contribution >= 4 is 11.6 Å². The van der Waals surface area contributed by atoms with Crippen LogP contribution in [0.25, 0.3) is 0 Å². The SMILES string of the molecule is COc1cc(CN2CCNCC2)c(OC)cc1Cl. The van der Waals surface area contributed by atoms with Crippen molar-refractivity contribution in [2.24, 2.45) is 0 Å². The van der Waals surface area contributed by atoms with E-state index in [9.17, 15) is 0 Å². The van der Waals surface area contributed by atoms with Gasteiger partial charge in [0.1, 0.15) is 11.5 Å². The van der Waals surface area contributed by atoms with Gasteiger partial charge in [0, 0.05) is 44.4 Å². The first-order valence-corrected chi connectivity index (χ1v) is 6.46. The summed E-state index contributed by atoms with van der Waals surface area (Å²) in [6.07, 6.45) is 0. The summed E-state index contributed by atoms with van der Waals surface area (Å²) in [7, 11) is 3.29. The van der Waals surface area contributed by atoms with Crippen LogP contribution in [-0.4, -0.2) is 45.3 Å². The maximum Gasteiger partial charge on any atom is 0.138 e. The molecule has 1 aromatic rings. The number of ether oxygens (including phenoxy) is 2. The summed E-state index contributed by atoms with van der Waals surface area (Å²) >= 11 is 6.09. The lowest BCUT2D eigenvalue weighted by atomic mass is 10.1. The van der Waals surface area contributed by atoms with E-state index < -0.39 is 0 Å². The summed E-state index contributed by atoms with van der Waals surface area (Å²) in [6.45, 7) is 5.03. The van der Waals surface area contributed by atoms with E-state index in [2.05, 4.69) is 10.2 Å². The number of rotatable bonds is 4. The Hall–Kier alpha value is -0.970. The lowest BCUT2D eigenvalue weighted by Gasteiger charge is -2.28. The average Bonchev–Trinajstić information content (AvgIpc) is 2.41. The quantitative estimate of drug-likeness (QED) is 0.904. The fourth-order valence-corrected chi connectivity index (χ4v) is 2.39. The van der Waals surface area contributed by atoms with E-state index in [1.54, 1.807) is 14.2 Å². The summed E-state index contributed by atoms with van der Waals surface area (Å²) < 4.78 is 10.6. The lowest BCUT2D eigenvalue weighted by Crippen LogP contribution is -2.42. The van der Waals surface area contributed by atoms with Gasteiger partial charge in [-0.2, -0.15) is 0 Å². The lowest BCUT2D eigenvalue weighted by molar-refractivity contribution is 0.230. The minimum atomic E-state index is 0.582. The molecule has 4 nitrogen and oxygen atoms in total. The van der Waals surface area contributed by atoms with E-state index >= 15 is 0 Å². The summed E-state index contributed by atoms with van der Waals surface area (Å²) in [4.78, 5) is 2.39. The zero-order valence-electron chi connectivity index (χ0n) is 10.8. The smallest absolute Gasteiger partial charge is 0.138 e. The van der Waals surface area contributed by atoms with Crippen LogP contribution in [0.1, 0.15) is 5.56 Å². The number of nitrogens with zero attached hydrogens (tertiary/aromatic N) is 1. The molecule has 0 atom stereocenters. The Balaban J connectivity index is 2.18. The van der Waals surface area contributed by atoms with Gasteiger partial charge in [-0.1, -0.05) is 11.6 Å². The van der Waals surface area contributed by atoms with Crippen LogP contribution in [0.15, 0.2) is 12.1 Å². The van der Waals surface area contributed by atoms with Crippen molar-refractivity contribution in [3.05, 3.63) is 22.7 Å². The van der Waals surface area contributed by atoms with Gasteiger partial charge < -0.3 is 14.8 Å². The molecule has 1 aliphatic rings. The molecular weight excluding hydrogens is 252 g/mol. The highest BCUT2D eigenvalue weighted by atomic mass is 35.5. The van der Waals surface area contributed by atoms with Crippen molar-refractivity contribution in [1.29, 1.82) is 0 Å². The molecule has 0 bridgehead atoms. The number of halogens is 1. The fraction of sp³-hybridized carbons (Fsp3) is 0.538. The van der Waals surface area contributed by atoms with Crippen molar-refractivity contribution in [2.45, 2.75) is 6.54 Å². The molecule has 100 valence electrons. The molecule has 1 N–H and O–H groups in total.